The molecule has 2 nitrogen and oxygen atoms in total. The smallest absolute Gasteiger partial charge is 0.0480 e. The van der Waals surface area contributed by atoms with Crippen LogP contribution in [0, 0.1) is 11.8 Å². The Kier molecular flexibility index (Phi) is 4.45. The van der Waals surface area contributed by atoms with Crippen LogP contribution < -0.4 is 5.32 Å². The third-order valence-electron chi connectivity index (χ3n) is 4.18. The van der Waals surface area contributed by atoms with Crippen molar-refractivity contribution in [1.29, 1.82) is 0 Å². The fourth-order valence-electron chi connectivity index (χ4n) is 2.92. The van der Waals surface area contributed by atoms with E-state index in [4.69, 9.17) is 4.74 Å². The summed E-state index contributed by atoms with van der Waals surface area (Å²) in [5, 5.41) is 3.74. The Morgan fingerprint density at radius 1 is 1.07 bits per heavy atom. The first-order valence-electron chi connectivity index (χ1n) is 6.67. The van der Waals surface area contributed by atoms with Crippen LogP contribution in [-0.2, 0) is 4.74 Å². The molecule has 0 aromatic rings. The molecule has 0 radical (unpaired) electrons. The van der Waals surface area contributed by atoms with Gasteiger partial charge in [-0.3, -0.25) is 0 Å². The van der Waals surface area contributed by atoms with E-state index in [1.165, 1.54) is 45.1 Å². The maximum Gasteiger partial charge on any atom is 0.0480 e. The Morgan fingerprint density at radius 3 is 2.53 bits per heavy atom. The van der Waals surface area contributed by atoms with E-state index in [0.29, 0.717) is 0 Å². The van der Waals surface area contributed by atoms with Gasteiger partial charge in [0, 0.05) is 19.3 Å². The van der Waals surface area contributed by atoms with Gasteiger partial charge in [0.1, 0.15) is 0 Å². The van der Waals surface area contributed by atoms with Crippen LogP contribution in [0.1, 0.15) is 45.4 Å². The summed E-state index contributed by atoms with van der Waals surface area (Å²) < 4.78 is 5.37. The van der Waals surface area contributed by atoms with E-state index in [-0.39, 0.29) is 0 Å². The van der Waals surface area contributed by atoms with Gasteiger partial charge in [0.2, 0.25) is 0 Å². The molecule has 2 atom stereocenters. The Bertz CT molecular complexity index is 177. The van der Waals surface area contributed by atoms with Gasteiger partial charge in [-0.25, -0.2) is 0 Å². The minimum Gasteiger partial charge on any atom is -0.381 e. The van der Waals surface area contributed by atoms with E-state index >= 15 is 0 Å². The summed E-state index contributed by atoms with van der Waals surface area (Å²) in [6, 6.07) is 0.730. The molecule has 0 spiro atoms. The third kappa shape index (κ3) is 3.46. The quantitative estimate of drug-likeness (QED) is 0.774. The van der Waals surface area contributed by atoms with Gasteiger partial charge in [-0.05, 0) is 37.6 Å². The molecule has 15 heavy (non-hydrogen) atoms. The number of ether oxygens (including phenoxy) is 1. The first-order valence-corrected chi connectivity index (χ1v) is 6.67. The first-order chi connectivity index (χ1) is 7.36. The molecule has 1 saturated carbocycles. The zero-order valence-electron chi connectivity index (χ0n) is 10.0. The van der Waals surface area contributed by atoms with E-state index in [9.17, 15) is 0 Å². The lowest BCUT2D eigenvalue weighted by Crippen LogP contribution is -2.39. The molecule has 0 aromatic heterocycles. The second-order valence-electron chi connectivity index (χ2n) is 5.32. The molecule has 2 heteroatoms. The Balaban J connectivity index is 1.67. The standard InChI is InChI=1S/C13H25NO/c1-11-4-2-3-5-12(11)10-14-13-6-8-15-9-7-13/h11-14H,2-10H2,1H3. The van der Waals surface area contributed by atoms with Crippen LogP contribution in [0.3, 0.4) is 0 Å². The maximum absolute atomic E-state index is 5.37. The van der Waals surface area contributed by atoms with Crippen molar-refractivity contribution >= 4 is 0 Å². The summed E-state index contributed by atoms with van der Waals surface area (Å²) in [5.74, 6) is 1.87. The van der Waals surface area contributed by atoms with Gasteiger partial charge in [0.05, 0.1) is 0 Å². The first kappa shape index (κ1) is 11.4. The van der Waals surface area contributed by atoms with E-state index < -0.39 is 0 Å². The monoisotopic (exact) mass is 211 g/mol. The highest BCUT2D eigenvalue weighted by molar-refractivity contribution is 4.77. The molecule has 1 aliphatic carbocycles. The summed E-state index contributed by atoms with van der Waals surface area (Å²) >= 11 is 0. The molecule has 1 aliphatic heterocycles. The summed E-state index contributed by atoms with van der Waals surface area (Å²) in [6.45, 7) is 5.58. The van der Waals surface area contributed by atoms with Gasteiger partial charge in [0.25, 0.3) is 0 Å². The van der Waals surface area contributed by atoms with Crippen molar-refractivity contribution in [2.24, 2.45) is 11.8 Å². The molecular formula is C13H25NO. The molecule has 0 bridgehead atoms. The van der Waals surface area contributed by atoms with Crippen LogP contribution in [-0.4, -0.2) is 25.8 Å². The lowest BCUT2D eigenvalue weighted by Gasteiger charge is -2.31. The predicted octanol–water partition coefficient (Wildman–Crippen LogP) is 2.58. The highest BCUT2D eigenvalue weighted by atomic mass is 16.5. The lowest BCUT2D eigenvalue weighted by molar-refractivity contribution is 0.0751. The highest BCUT2D eigenvalue weighted by Gasteiger charge is 2.22. The fraction of sp³-hybridized carbons (Fsp3) is 1.00. The van der Waals surface area contributed by atoms with Gasteiger partial charge in [-0.1, -0.05) is 26.2 Å². The zero-order valence-corrected chi connectivity index (χ0v) is 10.0. The van der Waals surface area contributed by atoms with Crippen LogP contribution in [0.15, 0.2) is 0 Å². The second-order valence-corrected chi connectivity index (χ2v) is 5.32. The van der Waals surface area contributed by atoms with E-state index in [0.717, 1.165) is 31.1 Å². The summed E-state index contributed by atoms with van der Waals surface area (Å²) in [5.41, 5.74) is 0. The summed E-state index contributed by atoms with van der Waals surface area (Å²) in [6.07, 6.45) is 8.21. The van der Waals surface area contributed by atoms with Gasteiger partial charge in [-0.15, -0.1) is 0 Å². The molecule has 1 saturated heterocycles. The van der Waals surface area contributed by atoms with Gasteiger partial charge in [0.15, 0.2) is 0 Å². The number of nitrogens with one attached hydrogen (secondary N) is 1. The molecule has 1 N–H and O–H groups in total. The molecule has 1 heterocycles. The average Bonchev–Trinajstić information content (AvgIpc) is 2.29. The van der Waals surface area contributed by atoms with Gasteiger partial charge >= 0.3 is 0 Å². The van der Waals surface area contributed by atoms with Crippen molar-refractivity contribution in [1.82, 2.24) is 5.32 Å². The topological polar surface area (TPSA) is 21.3 Å². The maximum atomic E-state index is 5.37. The van der Waals surface area contributed by atoms with Crippen LogP contribution >= 0.6 is 0 Å². The normalized spacial score (nSPS) is 34.2. The molecule has 2 aliphatic rings. The second kappa shape index (κ2) is 5.86. The number of hydrogen-bond donors (Lipinski definition) is 1. The fourth-order valence-corrected chi connectivity index (χ4v) is 2.92. The van der Waals surface area contributed by atoms with Crippen LogP contribution in [0.4, 0.5) is 0 Å². The third-order valence-corrected chi connectivity index (χ3v) is 4.18. The molecule has 88 valence electrons. The Hall–Kier alpha value is -0.0800. The van der Waals surface area contributed by atoms with Crippen molar-refractivity contribution in [3.8, 4) is 0 Å². The molecule has 2 fully saturated rings. The molecular weight excluding hydrogens is 186 g/mol. The number of hydrogen-bond acceptors (Lipinski definition) is 2. The van der Waals surface area contributed by atoms with Crippen LogP contribution in [0.2, 0.25) is 0 Å². The zero-order chi connectivity index (χ0) is 10.5. The Morgan fingerprint density at radius 2 is 1.80 bits per heavy atom. The van der Waals surface area contributed by atoms with E-state index in [1.54, 1.807) is 0 Å². The van der Waals surface area contributed by atoms with Crippen molar-refractivity contribution in [2.45, 2.75) is 51.5 Å². The minimum absolute atomic E-state index is 0.730. The van der Waals surface area contributed by atoms with Crippen LogP contribution in [0.25, 0.3) is 0 Å². The summed E-state index contributed by atoms with van der Waals surface area (Å²) in [7, 11) is 0. The van der Waals surface area contributed by atoms with Crippen LogP contribution in [0.5, 0.6) is 0 Å². The van der Waals surface area contributed by atoms with E-state index in [1.807, 2.05) is 0 Å². The molecule has 2 rings (SSSR count). The van der Waals surface area contributed by atoms with Crippen molar-refractivity contribution < 1.29 is 4.74 Å². The Labute approximate surface area is 93.8 Å². The summed E-state index contributed by atoms with van der Waals surface area (Å²) in [4.78, 5) is 0. The molecule has 2 unspecified atom stereocenters. The van der Waals surface area contributed by atoms with Crippen molar-refractivity contribution in [3.05, 3.63) is 0 Å². The average molecular weight is 211 g/mol. The SMILES string of the molecule is CC1CCCCC1CNC1CCOCC1. The van der Waals surface area contributed by atoms with Crippen molar-refractivity contribution in [3.63, 3.8) is 0 Å². The molecule has 0 aromatic carbocycles. The highest BCUT2D eigenvalue weighted by Crippen LogP contribution is 2.29. The molecule has 0 amide bonds. The van der Waals surface area contributed by atoms with E-state index in [2.05, 4.69) is 12.2 Å². The van der Waals surface area contributed by atoms with Gasteiger partial charge in [-0.2, -0.15) is 0 Å². The lowest BCUT2D eigenvalue weighted by atomic mass is 9.80. The largest absolute Gasteiger partial charge is 0.381 e. The van der Waals surface area contributed by atoms with Gasteiger partial charge < -0.3 is 10.1 Å². The minimum atomic E-state index is 0.730. The number of rotatable bonds is 3. The predicted molar refractivity (Wildman–Crippen MR) is 63.0 cm³/mol. The van der Waals surface area contributed by atoms with Crippen molar-refractivity contribution in [2.75, 3.05) is 19.8 Å².